The van der Waals surface area contributed by atoms with Gasteiger partial charge in [-0.05, 0) is 12.1 Å². The van der Waals surface area contributed by atoms with Crippen LogP contribution >= 0.6 is 0 Å². The first-order valence-corrected chi connectivity index (χ1v) is 7.52. The van der Waals surface area contributed by atoms with Crippen LogP contribution in [-0.4, -0.2) is 55.5 Å². The minimum absolute atomic E-state index is 0.671. The van der Waals surface area contributed by atoms with Gasteiger partial charge in [0.25, 0.3) is 0 Å². The molecule has 0 spiro atoms. The first-order valence-electron chi connectivity index (χ1n) is 7.52. The number of carboxylic acids is 1. The third kappa shape index (κ3) is 4.96. The highest BCUT2D eigenvalue weighted by molar-refractivity contribution is 5.91. The highest BCUT2D eigenvalue weighted by Gasteiger charge is 2.38. The highest BCUT2D eigenvalue weighted by atomic mass is 19.4. The molecule has 25 heavy (non-hydrogen) atoms. The van der Waals surface area contributed by atoms with E-state index in [4.69, 9.17) is 14.6 Å². The molecule has 0 atom stereocenters. The van der Waals surface area contributed by atoms with Crippen molar-refractivity contribution in [2.45, 2.75) is 6.18 Å². The maximum absolute atomic E-state index is 10.6. The Hall–Kier alpha value is -2.55. The predicted molar refractivity (Wildman–Crippen MR) is 87.1 cm³/mol. The van der Waals surface area contributed by atoms with Crippen molar-refractivity contribution in [1.29, 1.82) is 0 Å². The lowest BCUT2D eigenvalue weighted by atomic mass is 10.1. The molecule has 2 heterocycles. The third-order valence-electron chi connectivity index (χ3n) is 3.58. The summed E-state index contributed by atoms with van der Waals surface area (Å²) in [6.07, 6.45) is -5.08. The predicted octanol–water partition coefficient (Wildman–Crippen LogP) is 2.29. The van der Waals surface area contributed by atoms with Crippen LogP contribution in [0, 0.1) is 0 Å². The van der Waals surface area contributed by atoms with Gasteiger partial charge in [0, 0.05) is 37.6 Å². The number of carbonyl (C=O) groups is 1. The standard InChI is InChI=1S/C14H17N3O.C2HF3O2/c1-18-13-6-5-11-3-2-4-12(14(11)16-13)17-9-7-15-8-10-17;3-2(4,5)1(6)7/h2-6,15H,7-10H2,1H3;(H,6,7). The second-order valence-electron chi connectivity index (χ2n) is 5.24. The number of nitrogens with one attached hydrogen (secondary N) is 1. The van der Waals surface area contributed by atoms with Crippen molar-refractivity contribution >= 4 is 22.6 Å². The number of ether oxygens (including phenoxy) is 1. The number of nitrogens with zero attached hydrogens (tertiary/aromatic N) is 2. The minimum Gasteiger partial charge on any atom is -0.481 e. The molecule has 0 unspecified atom stereocenters. The second-order valence-corrected chi connectivity index (χ2v) is 5.24. The summed E-state index contributed by atoms with van der Waals surface area (Å²) in [6.45, 7) is 4.11. The van der Waals surface area contributed by atoms with E-state index in [1.807, 2.05) is 6.07 Å². The molecule has 136 valence electrons. The molecule has 0 amide bonds. The van der Waals surface area contributed by atoms with Gasteiger partial charge in [0.2, 0.25) is 5.88 Å². The summed E-state index contributed by atoms with van der Waals surface area (Å²) in [5, 5.41) is 11.7. The van der Waals surface area contributed by atoms with Crippen molar-refractivity contribution in [2.75, 3.05) is 38.2 Å². The summed E-state index contributed by atoms with van der Waals surface area (Å²) in [5.74, 6) is -2.09. The van der Waals surface area contributed by atoms with Crippen LogP contribution in [0.4, 0.5) is 18.9 Å². The zero-order chi connectivity index (χ0) is 18.4. The average Bonchev–Trinajstić information content (AvgIpc) is 2.61. The number of carboxylic acid groups (broad SMARTS) is 1. The summed E-state index contributed by atoms with van der Waals surface area (Å²) in [6, 6.07) is 10.3. The number of aromatic nitrogens is 1. The number of methoxy groups -OCH3 is 1. The number of alkyl halides is 3. The molecular weight excluding hydrogens is 339 g/mol. The van der Waals surface area contributed by atoms with E-state index >= 15 is 0 Å². The van der Waals surface area contributed by atoms with Crippen LogP contribution in [0.1, 0.15) is 0 Å². The number of benzene rings is 1. The molecule has 3 rings (SSSR count). The molecule has 9 heteroatoms. The number of piperazine rings is 1. The van der Waals surface area contributed by atoms with E-state index in [0.717, 1.165) is 37.1 Å². The van der Waals surface area contributed by atoms with Gasteiger partial charge in [-0.15, -0.1) is 0 Å². The van der Waals surface area contributed by atoms with Gasteiger partial charge in [-0.1, -0.05) is 12.1 Å². The molecule has 2 aromatic rings. The molecule has 2 N–H and O–H groups in total. The summed E-state index contributed by atoms with van der Waals surface area (Å²) in [7, 11) is 1.65. The largest absolute Gasteiger partial charge is 0.490 e. The molecule has 1 aliphatic rings. The first kappa shape index (κ1) is 18.8. The summed E-state index contributed by atoms with van der Waals surface area (Å²) in [4.78, 5) is 15.9. The van der Waals surface area contributed by atoms with Crippen LogP contribution in [0.3, 0.4) is 0 Å². The van der Waals surface area contributed by atoms with E-state index < -0.39 is 12.1 Å². The van der Waals surface area contributed by atoms with Gasteiger partial charge in [0.05, 0.1) is 18.3 Å². The van der Waals surface area contributed by atoms with Gasteiger partial charge in [0.1, 0.15) is 0 Å². The number of hydrogen-bond donors (Lipinski definition) is 2. The van der Waals surface area contributed by atoms with Crippen LogP contribution in [0.15, 0.2) is 30.3 Å². The van der Waals surface area contributed by atoms with Crippen LogP contribution in [0.5, 0.6) is 5.88 Å². The van der Waals surface area contributed by atoms with Crippen LogP contribution < -0.4 is 15.0 Å². The topological polar surface area (TPSA) is 74.7 Å². The fourth-order valence-corrected chi connectivity index (χ4v) is 2.39. The lowest BCUT2D eigenvalue weighted by Gasteiger charge is -2.30. The number of aliphatic carboxylic acids is 1. The Kier molecular flexibility index (Phi) is 6.02. The molecule has 0 aliphatic carbocycles. The summed E-state index contributed by atoms with van der Waals surface area (Å²) >= 11 is 0. The molecule has 1 aromatic carbocycles. The smallest absolute Gasteiger partial charge is 0.481 e. The Balaban J connectivity index is 0.000000277. The van der Waals surface area contributed by atoms with E-state index in [2.05, 4.69) is 39.5 Å². The SMILES string of the molecule is COc1ccc2cccc(N3CCNCC3)c2n1.O=C(O)C(F)(F)F. The van der Waals surface area contributed by atoms with E-state index in [-0.39, 0.29) is 0 Å². The number of halogens is 3. The Bertz CT molecular complexity index is 731. The van der Waals surface area contributed by atoms with Gasteiger partial charge in [-0.2, -0.15) is 13.2 Å². The molecule has 1 fully saturated rings. The molecule has 0 radical (unpaired) electrons. The van der Waals surface area contributed by atoms with Crippen molar-refractivity contribution in [3.05, 3.63) is 30.3 Å². The monoisotopic (exact) mass is 357 g/mol. The maximum atomic E-state index is 10.6. The van der Waals surface area contributed by atoms with Gasteiger partial charge in [-0.3, -0.25) is 0 Å². The van der Waals surface area contributed by atoms with Gasteiger partial charge in [-0.25, -0.2) is 9.78 Å². The first-order chi connectivity index (χ1) is 11.8. The summed E-state index contributed by atoms with van der Waals surface area (Å²) in [5.41, 5.74) is 2.23. The molecule has 0 bridgehead atoms. The molecular formula is C16H18F3N3O3. The normalized spacial score (nSPS) is 14.6. The number of hydrogen-bond acceptors (Lipinski definition) is 5. The number of rotatable bonds is 2. The number of fused-ring (bicyclic) bond motifs is 1. The van der Waals surface area contributed by atoms with E-state index in [0.29, 0.717) is 5.88 Å². The lowest BCUT2D eigenvalue weighted by molar-refractivity contribution is -0.192. The van der Waals surface area contributed by atoms with Crippen LogP contribution in [0.25, 0.3) is 10.9 Å². The van der Waals surface area contributed by atoms with Crippen molar-refractivity contribution in [1.82, 2.24) is 10.3 Å². The molecule has 1 aromatic heterocycles. The van der Waals surface area contributed by atoms with Crippen molar-refractivity contribution < 1.29 is 27.8 Å². The Morgan fingerprint density at radius 1 is 1.24 bits per heavy atom. The molecule has 1 saturated heterocycles. The van der Waals surface area contributed by atoms with E-state index in [9.17, 15) is 13.2 Å². The molecule has 0 saturated carbocycles. The summed E-state index contributed by atoms with van der Waals surface area (Å²) < 4.78 is 37.0. The lowest BCUT2D eigenvalue weighted by Crippen LogP contribution is -2.43. The molecule has 1 aliphatic heterocycles. The molecule has 6 nitrogen and oxygen atoms in total. The Morgan fingerprint density at radius 2 is 1.88 bits per heavy atom. The number of para-hydroxylation sites is 1. The maximum Gasteiger partial charge on any atom is 0.490 e. The fourth-order valence-electron chi connectivity index (χ4n) is 2.39. The van der Waals surface area contributed by atoms with Crippen molar-refractivity contribution in [2.24, 2.45) is 0 Å². The average molecular weight is 357 g/mol. The zero-order valence-corrected chi connectivity index (χ0v) is 13.5. The minimum atomic E-state index is -5.08. The van der Waals surface area contributed by atoms with Gasteiger partial charge in [0.15, 0.2) is 0 Å². The number of anilines is 1. The second kappa shape index (κ2) is 8.02. The van der Waals surface area contributed by atoms with Crippen LogP contribution in [-0.2, 0) is 4.79 Å². The zero-order valence-electron chi connectivity index (χ0n) is 13.5. The van der Waals surface area contributed by atoms with E-state index in [1.54, 1.807) is 7.11 Å². The van der Waals surface area contributed by atoms with Crippen LogP contribution in [0.2, 0.25) is 0 Å². The quantitative estimate of drug-likeness (QED) is 0.859. The Morgan fingerprint density at radius 3 is 2.44 bits per heavy atom. The highest BCUT2D eigenvalue weighted by Crippen LogP contribution is 2.27. The van der Waals surface area contributed by atoms with Crippen molar-refractivity contribution in [3.8, 4) is 5.88 Å². The van der Waals surface area contributed by atoms with E-state index in [1.165, 1.54) is 5.69 Å². The van der Waals surface area contributed by atoms with Gasteiger partial charge >= 0.3 is 12.1 Å². The third-order valence-corrected chi connectivity index (χ3v) is 3.58. The van der Waals surface area contributed by atoms with Gasteiger partial charge < -0.3 is 20.1 Å². The van der Waals surface area contributed by atoms with Crippen molar-refractivity contribution in [3.63, 3.8) is 0 Å². The fraction of sp³-hybridized carbons (Fsp3) is 0.375. The Labute approximate surface area is 142 Å². The number of pyridine rings is 1.